The Morgan fingerprint density at radius 2 is 1.29 bits per heavy atom. The van der Waals surface area contributed by atoms with Crippen LogP contribution in [-0.2, 0) is 9.47 Å². The molecule has 1 heterocycles. The summed E-state index contributed by atoms with van der Waals surface area (Å²) in [5.74, 6) is 1.61. The van der Waals surface area contributed by atoms with E-state index in [9.17, 15) is 0 Å². The van der Waals surface area contributed by atoms with Crippen LogP contribution in [0.25, 0.3) is 21.7 Å². The zero-order valence-electron chi connectivity index (χ0n) is 16.2. The molecule has 0 aliphatic rings. The lowest BCUT2D eigenvalue weighted by Gasteiger charge is -2.18. The highest BCUT2D eigenvalue weighted by Crippen LogP contribution is 2.42. The normalized spacial score (nSPS) is 12.2. The van der Waals surface area contributed by atoms with E-state index < -0.39 is 6.29 Å². The number of thiol groups is 1. The monoisotopic (exact) mass is 417 g/mol. The fourth-order valence-corrected chi connectivity index (χ4v) is 4.37. The summed E-state index contributed by atoms with van der Waals surface area (Å²) in [6.45, 7) is 0. The second-order valence-electron chi connectivity index (χ2n) is 5.97. The molecule has 0 amide bonds. The van der Waals surface area contributed by atoms with Crippen molar-refractivity contribution in [3.8, 4) is 33.2 Å². The van der Waals surface area contributed by atoms with Gasteiger partial charge in [0.1, 0.15) is 21.8 Å². The molecule has 3 rings (SSSR count). The van der Waals surface area contributed by atoms with Crippen LogP contribution < -0.4 is 9.47 Å². The number of benzene rings is 2. The molecular formula is C21H23NO4S2. The van der Waals surface area contributed by atoms with Gasteiger partial charge in [0, 0.05) is 19.8 Å². The number of hydrogen-bond donors (Lipinski definition) is 1. The van der Waals surface area contributed by atoms with Crippen molar-refractivity contribution in [3.63, 3.8) is 0 Å². The molecule has 0 radical (unpaired) electrons. The van der Waals surface area contributed by atoms with Crippen molar-refractivity contribution in [3.05, 3.63) is 53.5 Å². The van der Waals surface area contributed by atoms with Crippen LogP contribution in [0.3, 0.4) is 0 Å². The predicted octanol–water partition coefficient (Wildman–Crippen LogP) is 5.08. The fraction of sp³-hybridized carbons (Fsp3) is 0.286. The van der Waals surface area contributed by atoms with Crippen molar-refractivity contribution in [1.82, 2.24) is 4.98 Å². The van der Waals surface area contributed by atoms with Crippen LogP contribution in [0.2, 0.25) is 0 Å². The minimum atomic E-state index is -0.484. The average Bonchev–Trinajstić information content (AvgIpc) is 3.20. The largest absolute Gasteiger partial charge is 0.497 e. The zero-order valence-corrected chi connectivity index (χ0v) is 17.9. The van der Waals surface area contributed by atoms with Crippen molar-refractivity contribution in [2.45, 2.75) is 11.5 Å². The van der Waals surface area contributed by atoms with Crippen LogP contribution >= 0.6 is 24.0 Å². The number of aromatic nitrogens is 1. The summed E-state index contributed by atoms with van der Waals surface area (Å²) < 4.78 is 21.3. The first-order chi connectivity index (χ1) is 13.6. The first-order valence-electron chi connectivity index (χ1n) is 8.64. The summed E-state index contributed by atoms with van der Waals surface area (Å²) in [6.07, 6.45) is -0.484. The molecular weight excluding hydrogens is 394 g/mol. The Kier molecular flexibility index (Phi) is 6.96. The molecule has 3 aromatic rings. The van der Waals surface area contributed by atoms with E-state index in [4.69, 9.17) is 23.9 Å². The third-order valence-electron chi connectivity index (χ3n) is 4.33. The summed E-state index contributed by atoms with van der Waals surface area (Å²) in [4.78, 5) is 5.93. The van der Waals surface area contributed by atoms with Gasteiger partial charge in [0.25, 0.3) is 0 Å². The number of methoxy groups -OCH3 is 4. The maximum Gasteiger partial charge on any atom is 0.174 e. The van der Waals surface area contributed by atoms with Gasteiger partial charge in [0.05, 0.1) is 24.8 Å². The molecule has 0 spiro atoms. The molecule has 0 bridgehead atoms. The summed E-state index contributed by atoms with van der Waals surface area (Å²) in [5, 5.41) is 0.526. The molecule has 1 atom stereocenters. The molecule has 0 fully saturated rings. The van der Waals surface area contributed by atoms with Gasteiger partial charge >= 0.3 is 0 Å². The average molecular weight is 418 g/mol. The van der Waals surface area contributed by atoms with E-state index in [1.165, 1.54) is 0 Å². The molecule has 28 heavy (non-hydrogen) atoms. The van der Waals surface area contributed by atoms with Gasteiger partial charge in [-0.3, -0.25) is 0 Å². The molecule has 0 N–H and O–H groups in total. The van der Waals surface area contributed by atoms with Gasteiger partial charge in [-0.2, -0.15) is 12.6 Å². The lowest BCUT2D eigenvalue weighted by atomic mass is 10.1. The van der Waals surface area contributed by atoms with Crippen molar-refractivity contribution >= 4 is 24.0 Å². The molecule has 5 nitrogen and oxygen atoms in total. The Labute approximate surface area is 174 Å². The topological polar surface area (TPSA) is 49.8 Å². The lowest BCUT2D eigenvalue weighted by Crippen LogP contribution is -2.19. The maximum atomic E-state index is 5.37. The van der Waals surface area contributed by atoms with Gasteiger partial charge in [-0.15, -0.1) is 11.3 Å². The van der Waals surface area contributed by atoms with E-state index in [2.05, 4.69) is 12.6 Å². The third-order valence-corrected chi connectivity index (χ3v) is 6.19. The molecule has 0 aliphatic carbocycles. The first kappa shape index (κ1) is 20.7. The van der Waals surface area contributed by atoms with Crippen molar-refractivity contribution in [2.24, 2.45) is 0 Å². The number of ether oxygens (including phenoxy) is 4. The maximum absolute atomic E-state index is 5.37. The predicted molar refractivity (Wildman–Crippen MR) is 116 cm³/mol. The van der Waals surface area contributed by atoms with Gasteiger partial charge in [-0.1, -0.05) is 0 Å². The number of rotatable bonds is 8. The summed E-state index contributed by atoms with van der Waals surface area (Å²) >= 11 is 6.26. The second kappa shape index (κ2) is 9.43. The highest BCUT2D eigenvalue weighted by Gasteiger charge is 2.25. The fourth-order valence-electron chi connectivity index (χ4n) is 2.82. The second-order valence-corrected chi connectivity index (χ2v) is 7.56. The van der Waals surface area contributed by atoms with E-state index >= 15 is 0 Å². The Balaban J connectivity index is 2.08. The number of hydrogen-bond acceptors (Lipinski definition) is 7. The Morgan fingerprint density at radius 1 is 0.786 bits per heavy atom. The SMILES string of the molecule is COc1ccc(-c2nc(C(S)C(OC)OC)sc2-c2ccc(OC)cc2)cc1. The van der Waals surface area contributed by atoms with Crippen molar-refractivity contribution in [2.75, 3.05) is 28.4 Å². The van der Waals surface area contributed by atoms with Gasteiger partial charge in [-0.05, 0) is 54.1 Å². The quantitative estimate of drug-likeness (QED) is 0.409. The Hall–Kier alpha value is -2.06. The summed E-state index contributed by atoms with van der Waals surface area (Å²) in [6, 6.07) is 15.8. The van der Waals surface area contributed by atoms with Crippen LogP contribution in [0.15, 0.2) is 48.5 Å². The lowest BCUT2D eigenvalue weighted by molar-refractivity contribution is -0.102. The van der Waals surface area contributed by atoms with Crippen LogP contribution in [0.5, 0.6) is 11.5 Å². The summed E-state index contributed by atoms with van der Waals surface area (Å²) in [7, 11) is 6.50. The Morgan fingerprint density at radius 3 is 1.75 bits per heavy atom. The van der Waals surface area contributed by atoms with Crippen LogP contribution in [0.1, 0.15) is 10.3 Å². The molecule has 0 saturated carbocycles. The van der Waals surface area contributed by atoms with Crippen LogP contribution in [0.4, 0.5) is 0 Å². The summed E-state index contributed by atoms with van der Waals surface area (Å²) in [5.41, 5.74) is 2.95. The molecule has 1 unspecified atom stereocenters. The van der Waals surface area contributed by atoms with Crippen LogP contribution in [-0.4, -0.2) is 39.7 Å². The van der Waals surface area contributed by atoms with E-state index in [0.29, 0.717) is 0 Å². The third kappa shape index (κ3) is 4.33. The standard InChI is InChI=1S/C21H23NO4S2/c1-23-15-9-5-13(6-10-15)17-19(14-7-11-16(24-2)12-8-14)28-20(22-17)18(27)21(25-3)26-4/h5-12,18,21,27H,1-4H3. The first-order valence-corrected chi connectivity index (χ1v) is 9.97. The number of thiazole rings is 1. The van der Waals surface area contributed by atoms with E-state index in [-0.39, 0.29) is 5.25 Å². The van der Waals surface area contributed by atoms with E-state index in [1.54, 1.807) is 39.8 Å². The molecule has 1 aromatic heterocycles. The molecule has 148 valence electrons. The zero-order chi connectivity index (χ0) is 20.1. The smallest absolute Gasteiger partial charge is 0.174 e. The van der Waals surface area contributed by atoms with E-state index in [0.717, 1.165) is 38.2 Å². The van der Waals surface area contributed by atoms with Gasteiger partial charge < -0.3 is 18.9 Å². The molecule has 7 heteroatoms. The van der Waals surface area contributed by atoms with Crippen molar-refractivity contribution in [1.29, 1.82) is 0 Å². The van der Waals surface area contributed by atoms with E-state index in [1.807, 2.05) is 48.5 Å². The van der Waals surface area contributed by atoms with Gasteiger partial charge in [0.2, 0.25) is 0 Å². The number of nitrogens with zero attached hydrogens (tertiary/aromatic N) is 1. The minimum Gasteiger partial charge on any atom is -0.497 e. The Bertz CT molecular complexity index is 825. The highest BCUT2D eigenvalue weighted by atomic mass is 32.1. The van der Waals surface area contributed by atoms with Gasteiger partial charge in [-0.25, -0.2) is 4.98 Å². The molecule has 0 aliphatic heterocycles. The highest BCUT2D eigenvalue weighted by molar-refractivity contribution is 7.80. The van der Waals surface area contributed by atoms with Gasteiger partial charge in [0.15, 0.2) is 6.29 Å². The minimum absolute atomic E-state index is 0.302. The van der Waals surface area contributed by atoms with Crippen molar-refractivity contribution < 1.29 is 18.9 Å². The van der Waals surface area contributed by atoms with Crippen LogP contribution in [0, 0.1) is 0 Å². The molecule has 0 saturated heterocycles. The molecule has 2 aromatic carbocycles.